The predicted molar refractivity (Wildman–Crippen MR) is 130 cm³/mol. The average molecular weight is 478 g/mol. The van der Waals surface area contributed by atoms with Crippen molar-refractivity contribution in [1.29, 1.82) is 0 Å². The minimum Gasteiger partial charge on any atom is -0.497 e. The first-order valence-corrected chi connectivity index (χ1v) is 12.4. The molecule has 5 rings (SSSR count). The number of rotatable bonds is 8. The molecule has 9 heteroatoms. The summed E-state index contributed by atoms with van der Waals surface area (Å²) in [5.74, 6) is 4.08. The molecule has 1 saturated carbocycles. The lowest BCUT2D eigenvalue weighted by molar-refractivity contribution is 0.339. The predicted octanol–water partition coefficient (Wildman–Crippen LogP) is 5.81. The zero-order valence-electron chi connectivity index (χ0n) is 19.3. The molecule has 0 radical (unpaired) electrons. The molecule has 2 aromatic heterocycles. The fourth-order valence-corrected chi connectivity index (χ4v) is 5.14. The molecule has 2 aromatic carbocycles. The van der Waals surface area contributed by atoms with Crippen LogP contribution in [0.2, 0.25) is 0 Å². The molecular formula is C25H27N5O3S. The molecular weight excluding hydrogens is 450 g/mol. The Kier molecular flexibility index (Phi) is 6.80. The molecule has 1 aliphatic rings. The number of thioether (sulfide) groups is 1. The minimum atomic E-state index is 0.387. The summed E-state index contributed by atoms with van der Waals surface area (Å²) >= 11 is 1.58. The van der Waals surface area contributed by atoms with Gasteiger partial charge in [-0.15, -0.1) is 10.2 Å². The zero-order chi connectivity index (χ0) is 23.3. The number of aromatic nitrogens is 5. The zero-order valence-corrected chi connectivity index (χ0v) is 20.1. The summed E-state index contributed by atoms with van der Waals surface area (Å²) in [6.45, 7) is 0. The minimum absolute atomic E-state index is 0.387. The van der Waals surface area contributed by atoms with Crippen molar-refractivity contribution in [2.45, 2.75) is 49.1 Å². The Labute approximate surface area is 202 Å². The van der Waals surface area contributed by atoms with Crippen molar-refractivity contribution in [3.05, 3.63) is 54.4 Å². The summed E-state index contributed by atoms with van der Waals surface area (Å²) in [6.07, 6.45) is 6.00. The first kappa shape index (κ1) is 22.5. The van der Waals surface area contributed by atoms with E-state index in [0.29, 0.717) is 23.5 Å². The molecule has 0 bridgehead atoms. The van der Waals surface area contributed by atoms with E-state index in [-0.39, 0.29) is 0 Å². The number of ether oxygens (including phenoxy) is 2. The highest BCUT2D eigenvalue weighted by Crippen LogP contribution is 2.36. The van der Waals surface area contributed by atoms with Gasteiger partial charge in [0.2, 0.25) is 11.7 Å². The van der Waals surface area contributed by atoms with E-state index < -0.39 is 0 Å². The maximum absolute atomic E-state index is 5.52. The van der Waals surface area contributed by atoms with Gasteiger partial charge in [-0.1, -0.05) is 48.3 Å². The Morgan fingerprint density at radius 3 is 2.50 bits per heavy atom. The van der Waals surface area contributed by atoms with Crippen LogP contribution in [0.3, 0.4) is 0 Å². The van der Waals surface area contributed by atoms with Crippen LogP contribution in [0.15, 0.2) is 58.2 Å². The van der Waals surface area contributed by atoms with E-state index in [9.17, 15) is 0 Å². The van der Waals surface area contributed by atoms with Gasteiger partial charge in [-0.05, 0) is 49.2 Å². The smallest absolute Gasteiger partial charge is 0.237 e. The first-order chi connectivity index (χ1) is 16.7. The van der Waals surface area contributed by atoms with E-state index in [1.807, 2.05) is 48.5 Å². The van der Waals surface area contributed by atoms with E-state index in [1.54, 1.807) is 26.0 Å². The molecule has 0 spiro atoms. The van der Waals surface area contributed by atoms with Gasteiger partial charge in [-0.25, -0.2) is 0 Å². The monoisotopic (exact) mass is 477 g/mol. The second-order valence-corrected chi connectivity index (χ2v) is 9.17. The number of benzene rings is 2. The summed E-state index contributed by atoms with van der Waals surface area (Å²) in [4.78, 5) is 4.57. The van der Waals surface area contributed by atoms with Crippen LogP contribution in [0.25, 0.3) is 22.8 Å². The normalized spacial score (nSPS) is 14.3. The summed E-state index contributed by atoms with van der Waals surface area (Å²) in [7, 11) is 3.31. The Morgan fingerprint density at radius 1 is 0.941 bits per heavy atom. The molecule has 2 heterocycles. The van der Waals surface area contributed by atoms with Crippen molar-refractivity contribution in [2.24, 2.45) is 0 Å². The van der Waals surface area contributed by atoms with E-state index in [0.717, 1.165) is 46.4 Å². The molecule has 0 unspecified atom stereocenters. The fraction of sp³-hybridized carbons (Fsp3) is 0.360. The van der Waals surface area contributed by atoms with Crippen LogP contribution in [0.4, 0.5) is 0 Å². The maximum Gasteiger partial charge on any atom is 0.237 e. The lowest BCUT2D eigenvalue weighted by Crippen LogP contribution is -2.15. The third-order valence-electron chi connectivity index (χ3n) is 6.07. The molecule has 1 fully saturated rings. The first-order valence-electron chi connectivity index (χ1n) is 11.4. The van der Waals surface area contributed by atoms with Crippen molar-refractivity contribution in [1.82, 2.24) is 24.9 Å². The van der Waals surface area contributed by atoms with E-state index in [1.165, 1.54) is 19.3 Å². The molecule has 0 amide bonds. The van der Waals surface area contributed by atoms with Crippen LogP contribution in [-0.2, 0) is 5.75 Å². The van der Waals surface area contributed by atoms with E-state index in [2.05, 4.69) is 24.9 Å². The van der Waals surface area contributed by atoms with Crippen LogP contribution in [0.1, 0.15) is 44.0 Å². The molecule has 4 aromatic rings. The molecule has 0 N–H and O–H groups in total. The molecule has 0 atom stereocenters. The highest BCUT2D eigenvalue weighted by atomic mass is 32.2. The second kappa shape index (κ2) is 10.3. The number of hydrogen-bond acceptors (Lipinski definition) is 8. The summed E-state index contributed by atoms with van der Waals surface area (Å²) in [5, 5.41) is 14.1. The van der Waals surface area contributed by atoms with Gasteiger partial charge in [-0.2, -0.15) is 4.98 Å². The van der Waals surface area contributed by atoms with Crippen molar-refractivity contribution in [3.63, 3.8) is 0 Å². The summed E-state index contributed by atoms with van der Waals surface area (Å²) in [6, 6.07) is 16.0. The molecule has 0 saturated heterocycles. The average Bonchev–Trinajstić information content (AvgIpc) is 3.55. The number of hydrogen-bond donors (Lipinski definition) is 0. The summed E-state index contributed by atoms with van der Waals surface area (Å²) < 4.78 is 18.4. The Bertz CT molecular complexity index is 1230. The molecule has 1 aliphatic carbocycles. The van der Waals surface area contributed by atoms with Crippen LogP contribution in [0, 0.1) is 0 Å². The Hall–Kier alpha value is -3.33. The Balaban J connectivity index is 1.38. The lowest BCUT2D eigenvalue weighted by Gasteiger charge is -2.25. The second-order valence-electron chi connectivity index (χ2n) is 8.23. The Morgan fingerprint density at radius 2 is 1.74 bits per heavy atom. The van der Waals surface area contributed by atoms with Gasteiger partial charge in [0.05, 0.1) is 20.0 Å². The molecule has 8 nitrogen and oxygen atoms in total. The van der Waals surface area contributed by atoms with Crippen molar-refractivity contribution >= 4 is 11.8 Å². The fourth-order valence-electron chi connectivity index (χ4n) is 4.30. The van der Waals surface area contributed by atoms with Crippen molar-refractivity contribution < 1.29 is 14.0 Å². The maximum atomic E-state index is 5.52. The lowest BCUT2D eigenvalue weighted by atomic mass is 9.95. The molecule has 0 aliphatic heterocycles. The van der Waals surface area contributed by atoms with Gasteiger partial charge in [0.1, 0.15) is 11.5 Å². The number of methoxy groups -OCH3 is 2. The van der Waals surface area contributed by atoms with Gasteiger partial charge < -0.3 is 14.0 Å². The standard InChI is InChI=1S/C25H27N5O3S/c1-31-20-13-11-17(12-14-20)24-27-28-25(30(24)19-8-4-3-5-9-19)34-16-22-26-23(29-33-22)18-7-6-10-21(15-18)32-2/h6-7,10-15,19H,3-5,8-9,16H2,1-2H3. The number of nitrogens with zero attached hydrogens (tertiary/aromatic N) is 5. The van der Waals surface area contributed by atoms with E-state index in [4.69, 9.17) is 14.0 Å². The third kappa shape index (κ3) is 4.79. The van der Waals surface area contributed by atoms with Gasteiger partial charge in [-0.3, -0.25) is 4.57 Å². The SMILES string of the molecule is COc1ccc(-c2nnc(SCc3nc(-c4cccc(OC)c4)no3)n2C2CCCCC2)cc1. The van der Waals surface area contributed by atoms with Crippen molar-refractivity contribution in [3.8, 4) is 34.3 Å². The van der Waals surface area contributed by atoms with Crippen LogP contribution < -0.4 is 9.47 Å². The summed E-state index contributed by atoms with van der Waals surface area (Å²) in [5.41, 5.74) is 1.88. The van der Waals surface area contributed by atoms with Gasteiger partial charge >= 0.3 is 0 Å². The molecule has 176 valence electrons. The quantitative estimate of drug-likeness (QED) is 0.294. The van der Waals surface area contributed by atoms with Crippen LogP contribution in [-0.4, -0.2) is 39.1 Å². The van der Waals surface area contributed by atoms with E-state index >= 15 is 0 Å². The topological polar surface area (TPSA) is 88.1 Å². The van der Waals surface area contributed by atoms with Crippen molar-refractivity contribution in [2.75, 3.05) is 14.2 Å². The highest BCUT2D eigenvalue weighted by molar-refractivity contribution is 7.98. The molecule has 34 heavy (non-hydrogen) atoms. The third-order valence-corrected chi connectivity index (χ3v) is 7.00. The largest absolute Gasteiger partial charge is 0.497 e. The van der Waals surface area contributed by atoms with Crippen LogP contribution >= 0.6 is 11.8 Å². The van der Waals surface area contributed by atoms with Gasteiger partial charge in [0.15, 0.2) is 11.0 Å². The van der Waals surface area contributed by atoms with Gasteiger partial charge in [0, 0.05) is 17.2 Å². The van der Waals surface area contributed by atoms with Crippen LogP contribution in [0.5, 0.6) is 11.5 Å². The van der Waals surface area contributed by atoms with Gasteiger partial charge in [0.25, 0.3) is 0 Å². The highest BCUT2D eigenvalue weighted by Gasteiger charge is 2.24.